The lowest BCUT2D eigenvalue weighted by atomic mass is 10.2. The number of benzene rings is 2. The average molecular weight is 394 g/mol. The van der Waals surface area contributed by atoms with Gasteiger partial charge in [0.15, 0.2) is 11.5 Å². The zero-order valence-electron chi connectivity index (χ0n) is 15.3. The van der Waals surface area contributed by atoms with E-state index in [1.165, 1.54) is 18.3 Å². The fourth-order valence-corrected chi connectivity index (χ4v) is 2.95. The molecule has 0 bridgehead atoms. The summed E-state index contributed by atoms with van der Waals surface area (Å²) in [6.07, 6.45) is 3.34. The minimum Gasteiger partial charge on any atom is -0.490 e. The van der Waals surface area contributed by atoms with E-state index in [-0.39, 0.29) is 4.90 Å². The Morgan fingerprint density at radius 3 is 2.48 bits per heavy atom. The first-order valence-electron chi connectivity index (χ1n) is 8.66. The van der Waals surface area contributed by atoms with E-state index in [0.717, 1.165) is 25.0 Å². The van der Waals surface area contributed by atoms with Crippen LogP contribution in [0.3, 0.4) is 0 Å². The van der Waals surface area contributed by atoms with Crippen molar-refractivity contribution in [2.24, 2.45) is 5.10 Å². The van der Waals surface area contributed by atoms with Crippen LogP contribution in [0.2, 0.25) is 0 Å². The fraction of sp³-hybridized carbons (Fsp3) is 0.316. The number of nitrogens with one attached hydrogen (secondary N) is 1. The number of rotatable bonds is 10. The van der Waals surface area contributed by atoms with E-state index in [4.69, 9.17) is 9.47 Å². The number of halogens is 1. The summed E-state index contributed by atoms with van der Waals surface area (Å²) in [7, 11) is -3.86. The second-order valence-corrected chi connectivity index (χ2v) is 7.31. The first kappa shape index (κ1) is 20.7. The van der Waals surface area contributed by atoms with E-state index in [2.05, 4.69) is 16.9 Å². The van der Waals surface area contributed by atoms with Crippen LogP contribution in [0, 0.1) is 5.82 Å². The molecule has 0 aliphatic carbocycles. The molecule has 0 amide bonds. The highest BCUT2D eigenvalue weighted by atomic mass is 32.2. The molecule has 0 unspecified atom stereocenters. The molecule has 1 N–H and O–H groups in total. The van der Waals surface area contributed by atoms with Crippen LogP contribution in [0.25, 0.3) is 0 Å². The third-order valence-electron chi connectivity index (χ3n) is 3.53. The van der Waals surface area contributed by atoms with E-state index in [9.17, 15) is 12.8 Å². The number of ether oxygens (including phenoxy) is 2. The molecule has 0 spiro atoms. The predicted octanol–water partition coefficient (Wildman–Crippen LogP) is 3.72. The summed E-state index contributed by atoms with van der Waals surface area (Å²) in [5.74, 6) is 0.690. The predicted molar refractivity (Wildman–Crippen MR) is 102 cm³/mol. The van der Waals surface area contributed by atoms with Gasteiger partial charge in [-0.15, -0.1) is 0 Å². The van der Waals surface area contributed by atoms with Crippen LogP contribution in [-0.2, 0) is 10.0 Å². The molecular formula is C19H23FN2O4S. The van der Waals surface area contributed by atoms with Gasteiger partial charge >= 0.3 is 0 Å². The second kappa shape index (κ2) is 9.91. The van der Waals surface area contributed by atoms with Crippen LogP contribution in [-0.4, -0.2) is 27.8 Å². The number of hydrogen-bond donors (Lipinski definition) is 1. The lowest BCUT2D eigenvalue weighted by Gasteiger charge is -2.12. The molecule has 0 aliphatic heterocycles. The van der Waals surface area contributed by atoms with E-state index in [1.807, 2.05) is 6.92 Å². The Hall–Kier alpha value is -2.61. The highest BCUT2D eigenvalue weighted by Crippen LogP contribution is 2.28. The van der Waals surface area contributed by atoms with Crippen LogP contribution >= 0.6 is 0 Å². The smallest absolute Gasteiger partial charge is 0.276 e. The van der Waals surface area contributed by atoms with Crippen molar-refractivity contribution in [1.29, 1.82) is 0 Å². The zero-order chi connectivity index (χ0) is 19.7. The summed E-state index contributed by atoms with van der Waals surface area (Å²) in [5.41, 5.74) is 0.642. The molecule has 146 valence electrons. The van der Waals surface area contributed by atoms with E-state index in [1.54, 1.807) is 18.2 Å². The van der Waals surface area contributed by atoms with Gasteiger partial charge < -0.3 is 9.47 Å². The summed E-state index contributed by atoms with van der Waals surface area (Å²) >= 11 is 0. The molecule has 0 fully saturated rings. The Morgan fingerprint density at radius 2 is 1.81 bits per heavy atom. The Kier molecular flexibility index (Phi) is 7.60. The standard InChI is InChI=1S/C19H23FN2O4S/c1-3-5-12-26-18-11-6-15(13-19(18)25-4-2)14-21-22-27(23,24)17-9-7-16(20)8-10-17/h6-11,13-14,22H,3-5,12H2,1-2H3/b21-14+. The van der Waals surface area contributed by atoms with Crippen molar-refractivity contribution < 1.29 is 22.3 Å². The topological polar surface area (TPSA) is 77.0 Å². The molecule has 6 nitrogen and oxygen atoms in total. The molecule has 2 rings (SSSR count). The third-order valence-corrected chi connectivity index (χ3v) is 4.77. The monoisotopic (exact) mass is 394 g/mol. The maximum atomic E-state index is 12.9. The van der Waals surface area contributed by atoms with Gasteiger partial charge in [-0.3, -0.25) is 0 Å². The van der Waals surface area contributed by atoms with Gasteiger partial charge in [0.1, 0.15) is 5.82 Å². The Bertz CT molecular complexity index is 868. The van der Waals surface area contributed by atoms with Gasteiger partial charge in [-0.1, -0.05) is 13.3 Å². The van der Waals surface area contributed by atoms with Crippen molar-refractivity contribution >= 4 is 16.2 Å². The van der Waals surface area contributed by atoms with Gasteiger partial charge in [0, 0.05) is 0 Å². The van der Waals surface area contributed by atoms with Gasteiger partial charge in [-0.2, -0.15) is 13.5 Å². The van der Waals surface area contributed by atoms with Crippen molar-refractivity contribution in [2.45, 2.75) is 31.6 Å². The molecule has 0 aliphatic rings. The van der Waals surface area contributed by atoms with Gasteiger partial charge in [-0.25, -0.2) is 9.22 Å². The number of hydrazone groups is 1. The number of hydrogen-bond acceptors (Lipinski definition) is 5. The molecule has 0 radical (unpaired) electrons. The molecule has 2 aromatic carbocycles. The molecule has 2 aromatic rings. The number of nitrogens with zero attached hydrogens (tertiary/aromatic N) is 1. The Labute approximate surface area is 159 Å². The van der Waals surface area contributed by atoms with Crippen LogP contribution in [0.5, 0.6) is 11.5 Å². The quantitative estimate of drug-likeness (QED) is 0.379. The minimum atomic E-state index is -3.86. The largest absolute Gasteiger partial charge is 0.490 e. The molecular weight excluding hydrogens is 371 g/mol. The highest BCUT2D eigenvalue weighted by molar-refractivity contribution is 7.89. The van der Waals surface area contributed by atoms with E-state index in [0.29, 0.717) is 30.3 Å². The van der Waals surface area contributed by atoms with Gasteiger partial charge in [0.25, 0.3) is 10.0 Å². The zero-order valence-corrected chi connectivity index (χ0v) is 16.1. The van der Waals surface area contributed by atoms with E-state index < -0.39 is 15.8 Å². The van der Waals surface area contributed by atoms with Crippen molar-refractivity contribution in [1.82, 2.24) is 4.83 Å². The van der Waals surface area contributed by atoms with Gasteiger partial charge in [0.05, 0.1) is 24.3 Å². The maximum Gasteiger partial charge on any atom is 0.276 e. The molecule has 8 heteroatoms. The highest BCUT2D eigenvalue weighted by Gasteiger charge is 2.12. The average Bonchev–Trinajstić information content (AvgIpc) is 2.64. The minimum absolute atomic E-state index is 0.0734. The van der Waals surface area contributed by atoms with Crippen LogP contribution in [0.1, 0.15) is 32.3 Å². The van der Waals surface area contributed by atoms with Crippen molar-refractivity contribution in [3.05, 3.63) is 53.8 Å². The number of sulfonamides is 1. The van der Waals surface area contributed by atoms with Crippen LogP contribution in [0.15, 0.2) is 52.5 Å². The van der Waals surface area contributed by atoms with Crippen molar-refractivity contribution in [3.63, 3.8) is 0 Å². The summed E-state index contributed by atoms with van der Waals surface area (Å²) in [5, 5.41) is 3.77. The van der Waals surface area contributed by atoms with Crippen molar-refractivity contribution in [2.75, 3.05) is 13.2 Å². The Balaban J connectivity index is 2.09. The van der Waals surface area contributed by atoms with Crippen molar-refractivity contribution in [3.8, 4) is 11.5 Å². The fourth-order valence-electron chi connectivity index (χ4n) is 2.16. The maximum absolute atomic E-state index is 12.9. The van der Waals surface area contributed by atoms with Crippen LogP contribution in [0.4, 0.5) is 4.39 Å². The normalized spacial score (nSPS) is 11.5. The lowest BCUT2D eigenvalue weighted by Crippen LogP contribution is -2.18. The van der Waals surface area contributed by atoms with Crippen LogP contribution < -0.4 is 14.3 Å². The lowest BCUT2D eigenvalue weighted by molar-refractivity contribution is 0.272. The molecule has 27 heavy (non-hydrogen) atoms. The summed E-state index contributed by atoms with van der Waals surface area (Å²) in [6, 6.07) is 9.72. The number of unbranched alkanes of at least 4 members (excludes halogenated alkanes) is 1. The summed E-state index contributed by atoms with van der Waals surface area (Å²) in [6.45, 7) is 5.02. The Morgan fingerprint density at radius 1 is 1.07 bits per heavy atom. The van der Waals surface area contributed by atoms with Gasteiger partial charge in [0.2, 0.25) is 0 Å². The summed E-state index contributed by atoms with van der Waals surface area (Å²) < 4.78 is 48.4. The van der Waals surface area contributed by atoms with Gasteiger partial charge in [-0.05, 0) is 61.4 Å². The second-order valence-electron chi connectivity index (χ2n) is 5.65. The molecule has 0 aromatic heterocycles. The SMILES string of the molecule is CCCCOc1ccc(/C=N/NS(=O)(=O)c2ccc(F)cc2)cc1OCC. The molecule has 0 saturated heterocycles. The molecule has 0 atom stereocenters. The first-order chi connectivity index (χ1) is 13.0. The molecule has 0 heterocycles. The van der Waals surface area contributed by atoms with E-state index >= 15 is 0 Å². The summed E-state index contributed by atoms with van der Waals surface area (Å²) in [4.78, 5) is 2.02. The molecule has 0 saturated carbocycles. The first-order valence-corrected chi connectivity index (χ1v) is 10.1. The third kappa shape index (κ3) is 6.25.